The summed E-state index contributed by atoms with van der Waals surface area (Å²) in [6, 6.07) is 15.2. The summed E-state index contributed by atoms with van der Waals surface area (Å²) >= 11 is 0. The minimum absolute atomic E-state index is 0.578. The monoisotopic (exact) mass is 250 g/mol. The van der Waals surface area contributed by atoms with Crippen LogP contribution in [0.5, 0.6) is 0 Å². The van der Waals surface area contributed by atoms with Gasteiger partial charge in [0.2, 0.25) is 0 Å². The van der Waals surface area contributed by atoms with Crippen molar-refractivity contribution in [3.63, 3.8) is 0 Å². The highest BCUT2D eigenvalue weighted by molar-refractivity contribution is 6.08. The molecule has 96 valence electrons. The second kappa shape index (κ2) is 4.90. The number of hydrogen-bond donors (Lipinski definition) is 1. The lowest BCUT2D eigenvalue weighted by Gasteiger charge is -2.02. The highest BCUT2D eigenvalue weighted by atomic mass is 15.0. The van der Waals surface area contributed by atoms with Crippen molar-refractivity contribution in [2.45, 2.75) is 13.5 Å². The SMILES string of the molecule is CCn1c2ccccc2c2cc(C=CCN)ccc21. The van der Waals surface area contributed by atoms with Gasteiger partial charge in [-0.3, -0.25) is 0 Å². The third-order valence-corrected chi connectivity index (χ3v) is 3.56. The van der Waals surface area contributed by atoms with Gasteiger partial charge in [-0.25, -0.2) is 0 Å². The van der Waals surface area contributed by atoms with Crippen LogP contribution in [-0.4, -0.2) is 11.1 Å². The normalized spacial score (nSPS) is 11.9. The lowest BCUT2D eigenvalue weighted by molar-refractivity contribution is 0.827. The van der Waals surface area contributed by atoms with Gasteiger partial charge in [0.1, 0.15) is 0 Å². The fourth-order valence-corrected chi connectivity index (χ4v) is 2.72. The molecule has 0 aliphatic carbocycles. The summed E-state index contributed by atoms with van der Waals surface area (Å²) in [5, 5.41) is 2.64. The number of fused-ring (bicyclic) bond motifs is 3. The van der Waals surface area contributed by atoms with Crippen molar-refractivity contribution in [3.8, 4) is 0 Å². The molecule has 0 fully saturated rings. The zero-order valence-electron chi connectivity index (χ0n) is 11.1. The van der Waals surface area contributed by atoms with Crippen LogP contribution in [-0.2, 0) is 6.54 Å². The lowest BCUT2D eigenvalue weighted by Crippen LogP contribution is -1.93. The molecule has 0 aliphatic rings. The van der Waals surface area contributed by atoms with Crippen molar-refractivity contribution in [3.05, 3.63) is 54.1 Å². The second-order valence-corrected chi connectivity index (χ2v) is 4.68. The van der Waals surface area contributed by atoms with Crippen molar-refractivity contribution >= 4 is 27.9 Å². The molecule has 3 rings (SSSR count). The first-order valence-corrected chi connectivity index (χ1v) is 6.72. The summed E-state index contributed by atoms with van der Waals surface area (Å²) in [6.07, 6.45) is 4.07. The Morgan fingerprint density at radius 3 is 2.63 bits per heavy atom. The first-order valence-electron chi connectivity index (χ1n) is 6.72. The zero-order chi connectivity index (χ0) is 13.2. The average molecular weight is 250 g/mol. The van der Waals surface area contributed by atoms with E-state index in [0.717, 1.165) is 6.54 Å². The third kappa shape index (κ3) is 1.94. The Kier molecular flexibility index (Phi) is 3.10. The number of nitrogens with zero attached hydrogens (tertiary/aromatic N) is 1. The van der Waals surface area contributed by atoms with E-state index in [1.54, 1.807) is 0 Å². The maximum atomic E-state index is 5.51. The van der Waals surface area contributed by atoms with E-state index in [2.05, 4.69) is 60.0 Å². The smallest absolute Gasteiger partial charge is 0.0491 e. The fraction of sp³-hybridized carbons (Fsp3) is 0.176. The number of nitrogens with two attached hydrogens (primary N) is 1. The topological polar surface area (TPSA) is 30.9 Å². The third-order valence-electron chi connectivity index (χ3n) is 3.56. The molecule has 0 amide bonds. The summed E-state index contributed by atoms with van der Waals surface area (Å²) in [6.45, 7) is 3.75. The average Bonchev–Trinajstić information content (AvgIpc) is 2.78. The number of benzene rings is 2. The van der Waals surface area contributed by atoms with Crippen LogP contribution in [0.1, 0.15) is 12.5 Å². The van der Waals surface area contributed by atoms with E-state index in [0.29, 0.717) is 6.54 Å². The summed E-state index contributed by atoms with van der Waals surface area (Å²) in [4.78, 5) is 0. The molecule has 0 atom stereocenters. The minimum atomic E-state index is 0.578. The molecule has 0 radical (unpaired) electrons. The van der Waals surface area contributed by atoms with Crippen LogP contribution in [0.4, 0.5) is 0 Å². The molecule has 19 heavy (non-hydrogen) atoms. The van der Waals surface area contributed by atoms with Crippen LogP contribution in [0, 0.1) is 0 Å². The maximum absolute atomic E-state index is 5.51. The van der Waals surface area contributed by atoms with Gasteiger partial charge in [-0.1, -0.05) is 36.4 Å². The van der Waals surface area contributed by atoms with Gasteiger partial charge in [0.25, 0.3) is 0 Å². The second-order valence-electron chi connectivity index (χ2n) is 4.68. The molecule has 0 saturated heterocycles. The molecule has 2 aromatic carbocycles. The molecule has 0 spiro atoms. The predicted molar refractivity (Wildman–Crippen MR) is 83.2 cm³/mol. The maximum Gasteiger partial charge on any atom is 0.0491 e. The Bertz CT molecular complexity index is 750. The Hall–Kier alpha value is -2.06. The van der Waals surface area contributed by atoms with Gasteiger partial charge in [0.05, 0.1) is 0 Å². The van der Waals surface area contributed by atoms with Gasteiger partial charge in [-0.15, -0.1) is 0 Å². The minimum Gasteiger partial charge on any atom is -0.341 e. The Morgan fingerprint density at radius 2 is 1.84 bits per heavy atom. The zero-order valence-corrected chi connectivity index (χ0v) is 11.1. The highest BCUT2D eigenvalue weighted by Crippen LogP contribution is 2.29. The number of rotatable bonds is 3. The molecular formula is C17H18N2. The molecule has 2 nitrogen and oxygen atoms in total. The van der Waals surface area contributed by atoms with E-state index in [1.165, 1.54) is 27.4 Å². The van der Waals surface area contributed by atoms with E-state index < -0.39 is 0 Å². The van der Waals surface area contributed by atoms with E-state index in [1.807, 2.05) is 6.08 Å². The van der Waals surface area contributed by atoms with Crippen molar-refractivity contribution in [2.24, 2.45) is 5.73 Å². The Labute approximate surface area is 113 Å². The Morgan fingerprint density at radius 1 is 1.05 bits per heavy atom. The molecule has 0 unspecified atom stereocenters. The molecule has 0 bridgehead atoms. The quantitative estimate of drug-likeness (QED) is 0.753. The van der Waals surface area contributed by atoms with Crippen LogP contribution in [0.25, 0.3) is 27.9 Å². The molecule has 1 heterocycles. The van der Waals surface area contributed by atoms with E-state index in [4.69, 9.17) is 5.73 Å². The first-order chi connectivity index (χ1) is 9.35. The molecule has 3 aromatic rings. The summed E-state index contributed by atoms with van der Waals surface area (Å²) in [5.74, 6) is 0. The molecule has 0 saturated carbocycles. The first kappa shape index (κ1) is 12.0. The van der Waals surface area contributed by atoms with Crippen LogP contribution in [0.3, 0.4) is 0 Å². The van der Waals surface area contributed by atoms with Gasteiger partial charge >= 0.3 is 0 Å². The molecule has 2 heteroatoms. The summed E-state index contributed by atoms with van der Waals surface area (Å²) in [5.41, 5.74) is 9.32. The van der Waals surface area contributed by atoms with Crippen molar-refractivity contribution in [1.29, 1.82) is 0 Å². The molecule has 0 aliphatic heterocycles. The van der Waals surface area contributed by atoms with E-state index in [9.17, 15) is 0 Å². The highest BCUT2D eigenvalue weighted by Gasteiger charge is 2.08. The van der Waals surface area contributed by atoms with Gasteiger partial charge in [0.15, 0.2) is 0 Å². The summed E-state index contributed by atoms with van der Waals surface area (Å²) < 4.78 is 2.36. The number of aryl methyl sites for hydroxylation is 1. The lowest BCUT2D eigenvalue weighted by atomic mass is 10.1. The van der Waals surface area contributed by atoms with Gasteiger partial charge in [-0.2, -0.15) is 0 Å². The molecule has 1 aromatic heterocycles. The molecule has 2 N–H and O–H groups in total. The molecular weight excluding hydrogens is 232 g/mol. The van der Waals surface area contributed by atoms with Crippen LogP contribution < -0.4 is 5.73 Å². The van der Waals surface area contributed by atoms with Crippen LogP contribution in [0.15, 0.2) is 48.5 Å². The van der Waals surface area contributed by atoms with E-state index in [-0.39, 0.29) is 0 Å². The predicted octanol–water partition coefficient (Wildman–Crippen LogP) is 3.79. The van der Waals surface area contributed by atoms with Crippen LogP contribution in [0.2, 0.25) is 0 Å². The number of aromatic nitrogens is 1. The van der Waals surface area contributed by atoms with E-state index >= 15 is 0 Å². The Balaban J connectivity index is 2.33. The van der Waals surface area contributed by atoms with Crippen molar-refractivity contribution in [1.82, 2.24) is 4.57 Å². The van der Waals surface area contributed by atoms with Gasteiger partial charge in [0, 0.05) is 34.9 Å². The van der Waals surface area contributed by atoms with Gasteiger partial charge in [-0.05, 0) is 30.7 Å². The van der Waals surface area contributed by atoms with Crippen LogP contribution >= 0.6 is 0 Å². The van der Waals surface area contributed by atoms with Crippen molar-refractivity contribution in [2.75, 3.05) is 6.54 Å². The van der Waals surface area contributed by atoms with Crippen molar-refractivity contribution < 1.29 is 0 Å². The number of hydrogen-bond acceptors (Lipinski definition) is 1. The van der Waals surface area contributed by atoms with Gasteiger partial charge < -0.3 is 10.3 Å². The summed E-state index contributed by atoms with van der Waals surface area (Å²) in [7, 11) is 0. The largest absolute Gasteiger partial charge is 0.341 e. The fourth-order valence-electron chi connectivity index (χ4n) is 2.72. The number of para-hydroxylation sites is 1. The standard InChI is InChI=1S/C17H18N2/c1-2-19-16-8-4-3-7-14(16)15-12-13(6-5-11-18)9-10-17(15)19/h3-10,12H,2,11,18H2,1H3.